The Morgan fingerprint density at radius 1 is 0.879 bits per heavy atom. The first-order valence-corrected chi connectivity index (χ1v) is 10.3. The number of hydrogen-bond donors (Lipinski definition) is 6. The van der Waals surface area contributed by atoms with Gasteiger partial charge in [0, 0.05) is 6.42 Å². The summed E-state index contributed by atoms with van der Waals surface area (Å²) >= 11 is 0. The smallest absolute Gasteiger partial charge is 0.326 e. The van der Waals surface area contributed by atoms with Crippen LogP contribution in [0, 0.1) is 0 Å². The minimum absolute atomic E-state index is 0.0980. The highest BCUT2D eigenvalue weighted by Gasteiger charge is 2.23. The number of benzene rings is 2. The van der Waals surface area contributed by atoms with E-state index in [1.807, 2.05) is 0 Å². The molecule has 3 amide bonds. The van der Waals surface area contributed by atoms with Gasteiger partial charge in [-0.2, -0.15) is 0 Å². The van der Waals surface area contributed by atoms with Crippen molar-refractivity contribution < 1.29 is 29.4 Å². The molecule has 176 valence electrons. The minimum atomic E-state index is -1.19. The molecule has 3 atom stereocenters. The SMILES string of the molecule is C[C@@H](NC(=O)C(N)Cc1ccc(O)cc1)C(=O)NCC(=O)NC(Cc1ccccc1)C(=O)O. The molecule has 10 heteroatoms. The van der Waals surface area contributed by atoms with Crippen LogP contribution < -0.4 is 21.7 Å². The largest absolute Gasteiger partial charge is 0.508 e. The van der Waals surface area contributed by atoms with Crippen LogP contribution in [0.4, 0.5) is 0 Å². The Bertz CT molecular complexity index is 965. The number of amides is 3. The number of nitrogens with one attached hydrogen (secondary N) is 3. The average Bonchev–Trinajstić information content (AvgIpc) is 2.79. The Balaban J connectivity index is 1.78. The molecule has 0 spiro atoms. The fourth-order valence-corrected chi connectivity index (χ4v) is 2.98. The molecule has 2 aromatic rings. The van der Waals surface area contributed by atoms with Gasteiger partial charge in [0.05, 0.1) is 12.6 Å². The number of hydrogen-bond acceptors (Lipinski definition) is 6. The number of nitrogens with two attached hydrogens (primary N) is 1. The molecule has 0 saturated heterocycles. The molecule has 0 aliphatic carbocycles. The topological polar surface area (TPSA) is 171 Å². The normalized spacial score (nSPS) is 13.3. The van der Waals surface area contributed by atoms with Gasteiger partial charge >= 0.3 is 5.97 Å². The molecule has 0 bridgehead atoms. The Morgan fingerprint density at radius 2 is 1.48 bits per heavy atom. The highest BCUT2D eigenvalue weighted by Crippen LogP contribution is 2.11. The van der Waals surface area contributed by atoms with Crippen molar-refractivity contribution in [3.05, 3.63) is 65.7 Å². The van der Waals surface area contributed by atoms with E-state index in [0.717, 1.165) is 11.1 Å². The summed E-state index contributed by atoms with van der Waals surface area (Å²) in [6.45, 7) is 0.991. The van der Waals surface area contributed by atoms with Crippen LogP contribution >= 0.6 is 0 Å². The summed E-state index contributed by atoms with van der Waals surface area (Å²) in [4.78, 5) is 48.0. The molecule has 0 aliphatic rings. The van der Waals surface area contributed by atoms with Gasteiger partial charge in [0.2, 0.25) is 17.7 Å². The van der Waals surface area contributed by atoms with Crippen LogP contribution in [0.25, 0.3) is 0 Å². The molecule has 0 fully saturated rings. The number of phenols is 1. The van der Waals surface area contributed by atoms with E-state index in [-0.39, 0.29) is 18.6 Å². The van der Waals surface area contributed by atoms with Crippen molar-refractivity contribution in [2.75, 3.05) is 6.54 Å². The van der Waals surface area contributed by atoms with Gasteiger partial charge in [-0.25, -0.2) is 4.79 Å². The second-order valence-electron chi connectivity index (χ2n) is 7.57. The van der Waals surface area contributed by atoms with Crippen LogP contribution in [-0.4, -0.2) is 58.6 Å². The Labute approximate surface area is 191 Å². The van der Waals surface area contributed by atoms with Crippen molar-refractivity contribution in [1.82, 2.24) is 16.0 Å². The second kappa shape index (κ2) is 12.2. The van der Waals surface area contributed by atoms with Crippen LogP contribution in [0.3, 0.4) is 0 Å². The Morgan fingerprint density at radius 3 is 2.09 bits per heavy atom. The third kappa shape index (κ3) is 8.62. The van der Waals surface area contributed by atoms with Crippen molar-refractivity contribution in [3.8, 4) is 5.75 Å². The molecule has 2 rings (SSSR count). The molecular weight excluding hydrogens is 428 g/mol. The van der Waals surface area contributed by atoms with E-state index < -0.39 is 48.4 Å². The summed E-state index contributed by atoms with van der Waals surface area (Å²) in [5, 5.41) is 25.9. The van der Waals surface area contributed by atoms with Gasteiger partial charge < -0.3 is 31.9 Å². The summed E-state index contributed by atoms with van der Waals surface area (Å²) in [5.41, 5.74) is 7.37. The summed E-state index contributed by atoms with van der Waals surface area (Å²) in [6.07, 6.45) is 0.308. The van der Waals surface area contributed by atoms with Crippen LogP contribution in [0.2, 0.25) is 0 Å². The summed E-state index contributed by atoms with van der Waals surface area (Å²) in [6, 6.07) is 12.1. The van der Waals surface area contributed by atoms with E-state index in [9.17, 15) is 29.4 Å². The first kappa shape index (κ1) is 25.3. The van der Waals surface area contributed by atoms with Crippen LogP contribution in [0.15, 0.2) is 54.6 Å². The van der Waals surface area contributed by atoms with E-state index in [0.29, 0.717) is 0 Å². The number of carbonyl (C=O) groups is 4. The first-order chi connectivity index (χ1) is 15.7. The molecule has 33 heavy (non-hydrogen) atoms. The predicted octanol–water partition coefficient (Wildman–Crippen LogP) is -0.305. The van der Waals surface area contributed by atoms with Crippen LogP contribution in [0.5, 0.6) is 5.75 Å². The van der Waals surface area contributed by atoms with Gasteiger partial charge in [-0.15, -0.1) is 0 Å². The third-order valence-electron chi connectivity index (χ3n) is 4.82. The highest BCUT2D eigenvalue weighted by molar-refractivity contribution is 5.92. The number of carboxylic acid groups (broad SMARTS) is 1. The molecule has 2 aromatic carbocycles. The van der Waals surface area contributed by atoms with E-state index in [4.69, 9.17) is 5.73 Å². The molecular formula is C23H28N4O6. The zero-order chi connectivity index (χ0) is 24.4. The van der Waals surface area contributed by atoms with Crippen molar-refractivity contribution in [1.29, 1.82) is 0 Å². The summed E-state index contributed by atoms with van der Waals surface area (Å²) < 4.78 is 0. The quantitative estimate of drug-likeness (QED) is 0.269. The van der Waals surface area contributed by atoms with E-state index >= 15 is 0 Å². The van der Waals surface area contributed by atoms with Gasteiger partial charge in [-0.1, -0.05) is 42.5 Å². The zero-order valence-corrected chi connectivity index (χ0v) is 18.2. The van der Waals surface area contributed by atoms with Gasteiger partial charge in [0.1, 0.15) is 17.8 Å². The maximum atomic E-state index is 12.3. The fraction of sp³-hybridized carbons (Fsp3) is 0.304. The number of carbonyl (C=O) groups excluding carboxylic acids is 3. The van der Waals surface area contributed by atoms with E-state index in [1.54, 1.807) is 42.5 Å². The lowest BCUT2D eigenvalue weighted by molar-refractivity contribution is -0.141. The second-order valence-corrected chi connectivity index (χ2v) is 7.57. The molecule has 2 unspecified atom stereocenters. The number of aromatic hydroxyl groups is 1. The number of carboxylic acids is 1. The summed E-state index contributed by atoms with van der Waals surface area (Å²) in [7, 11) is 0. The Kier molecular flexibility index (Phi) is 9.37. The van der Waals surface area contributed by atoms with Gasteiger partial charge in [-0.05, 0) is 36.6 Å². The molecule has 0 aromatic heterocycles. The molecule has 0 radical (unpaired) electrons. The maximum Gasteiger partial charge on any atom is 0.326 e. The Hall–Kier alpha value is -3.92. The van der Waals surface area contributed by atoms with Crippen molar-refractivity contribution in [3.63, 3.8) is 0 Å². The molecule has 0 heterocycles. The summed E-state index contributed by atoms with van der Waals surface area (Å²) in [5.74, 6) is -2.94. The lowest BCUT2D eigenvalue weighted by Gasteiger charge is -2.18. The van der Waals surface area contributed by atoms with Crippen molar-refractivity contribution >= 4 is 23.7 Å². The lowest BCUT2D eigenvalue weighted by Crippen LogP contribution is -2.52. The standard InChI is InChI=1S/C23H28N4O6/c1-14(26-22(31)18(24)11-16-7-9-17(28)10-8-16)21(30)25-13-20(29)27-19(23(32)33)12-15-5-3-2-4-6-15/h2-10,14,18-19,28H,11-13,24H2,1H3,(H,25,30)(H,26,31)(H,27,29)(H,32,33)/t14-,18?,19?/m1/s1. The van der Waals surface area contributed by atoms with Crippen molar-refractivity contribution in [2.45, 2.75) is 37.9 Å². The number of rotatable bonds is 11. The maximum absolute atomic E-state index is 12.3. The number of aliphatic carboxylic acids is 1. The molecule has 0 saturated carbocycles. The van der Waals surface area contributed by atoms with Gasteiger partial charge in [0.25, 0.3) is 0 Å². The predicted molar refractivity (Wildman–Crippen MR) is 120 cm³/mol. The van der Waals surface area contributed by atoms with Gasteiger partial charge in [-0.3, -0.25) is 14.4 Å². The lowest BCUT2D eigenvalue weighted by atomic mass is 10.1. The average molecular weight is 456 g/mol. The molecule has 0 aliphatic heterocycles. The van der Waals surface area contributed by atoms with Crippen LogP contribution in [-0.2, 0) is 32.0 Å². The monoisotopic (exact) mass is 456 g/mol. The third-order valence-corrected chi connectivity index (χ3v) is 4.82. The minimum Gasteiger partial charge on any atom is -0.508 e. The fourth-order valence-electron chi connectivity index (χ4n) is 2.98. The molecule has 7 N–H and O–H groups in total. The van der Waals surface area contributed by atoms with Crippen molar-refractivity contribution in [2.24, 2.45) is 5.73 Å². The highest BCUT2D eigenvalue weighted by atomic mass is 16.4. The zero-order valence-electron chi connectivity index (χ0n) is 18.2. The van der Waals surface area contributed by atoms with Gasteiger partial charge in [0.15, 0.2) is 0 Å². The van der Waals surface area contributed by atoms with E-state index in [1.165, 1.54) is 19.1 Å². The van der Waals surface area contributed by atoms with Crippen LogP contribution in [0.1, 0.15) is 18.1 Å². The number of phenolic OH excluding ortho intramolecular Hbond substituents is 1. The first-order valence-electron chi connectivity index (χ1n) is 10.3. The molecule has 10 nitrogen and oxygen atoms in total. The van der Waals surface area contributed by atoms with E-state index in [2.05, 4.69) is 16.0 Å².